The Morgan fingerprint density at radius 3 is 2.53 bits per heavy atom. The number of Topliss-reactive ketones (excluding diaryl/α,β-unsaturated/α-hetero) is 2. The Hall–Kier alpha value is -1.57. The molecule has 1 aromatic carbocycles. The quantitative estimate of drug-likeness (QED) is 0.466. The molecule has 7 heteroatoms. The minimum absolute atomic E-state index is 0.123. The summed E-state index contributed by atoms with van der Waals surface area (Å²) in [5.74, 6) is 3.87. The van der Waals surface area contributed by atoms with Crippen LogP contribution in [0.5, 0.6) is 0 Å². The summed E-state index contributed by atoms with van der Waals surface area (Å²) >= 11 is 0. The molecule has 0 atom stereocenters. The van der Waals surface area contributed by atoms with Gasteiger partial charge in [-0.2, -0.15) is 18.6 Å². The first-order chi connectivity index (χ1) is 7.86. The molecule has 6 nitrogen and oxygen atoms in total. The van der Waals surface area contributed by atoms with Crippen molar-refractivity contribution in [3.8, 4) is 0 Å². The van der Waals surface area contributed by atoms with E-state index in [4.69, 9.17) is 0 Å². The first kappa shape index (κ1) is 13.5. The highest BCUT2D eigenvalue weighted by Crippen LogP contribution is 2.14. The number of rotatable bonds is 5. The fourth-order valence-electron chi connectivity index (χ4n) is 1.21. The molecule has 0 aliphatic rings. The molecule has 92 valence electrons. The largest absolute Gasteiger partial charge is 0.312 e. The molecule has 0 aliphatic carbocycles. The van der Waals surface area contributed by atoms with E-state index >= 15 is 0 Å². The smallest absolute Gasteiger partial charge is 0.300 e. The third-order valence-electron chi connectivity index (χ3n) is 1.98. The molecule has 1 rings (SSSR count). The van der Waals surface area contributed by atoms with Gasteiger partial charge in [0.25, 0.3) is 0 Å². The van der Waals surface area contributed by atoms with Gasteiger partial charge < -0.3 is 0 Å². The van der Waals surface area contributed by atoms with Crippen LogP contribution in [0.15, 0.2) is 29.2 Å². The lowest BCUT2D eigenvalue weighted by Gasteiger charge is -2.03. The molecule has 0 bridgehead atoms. The molecule has 0 aliphatic heterocycles. The Kier molecular flexibility index (Phi) is 4.11. The number of hydrogen-bond acceptors (Lipinski definition) is 6. The van der Waals surface area contributed by atoms with E-state index in [0.29, 0.717) is 0 Å². The Balaban J connectivity index is 3.10. The number of nitrogens with two attached hydrogens (primary N) is 1. The molecule has 0 fully saturated rings. The molecular weight excluding hydrogens is 246 g/mol. The monoisotopic (exact) mass is 257 g/mol. The van der Waals surface area contributed by atoms with Crippen molar-refractivity contribution in [2.45, 2.75) is 18.2 Å². The predicted octanol–water partition coefficient (Wildman–Crippen LogP) is 0.427. The number of carbonyl (C=O) groups excluding carboxylic acids is 2. The fraction of sp³-hybridized carbons (Fsp3) is 0.200. The number of ketones is 2. The first-order valence-corrected chi connectivity index (χ1v) is 6.03. The molecule has 0 saturated heterocycles. The van der Waals surface area contributed by atoms with Crippen molar-refractivity contribution in [3.05, 3.63) is 29.8 Å². The molecule has 0 spiro atoms. The molecule has 1 aromatic rings. The predicted molar refractivity (Wildman–Crippen MR) is 58.5 cm³/mol. The third kappa shape index (κ3) is 3.45. The lowest BCUT2D eigenvalue weighted by molar-refractivity contribution is -0.116. The molecule has 0 amide bonds. The summed E-state index contributed by atoms with van der Waals surface area (Å²) < 4.78 is 26.4. The van der Waals surface area contributed by atoms with Gasteiger partial charge in [0.2, 0.25) is 0 Å². The van der Waals surface area contributed by atoms with Crippen LogP contribution in [0.3, 0.4) is 0 Å². The topological polar surface area (TPSA) is 104 Å². The minimum atomic E-state index is -4.04. The number of benzene rings is 1. The van der Waals surface area contributed by atoms with Crippen molar-refractivity contribution < 1.29 is 22.3 Å². The van der Waals surface area contributed by atoms with Crippen LogP contribution in [-0.4, -0.2) is 20.0 Å². The third-order valence-corrected chi connectivity index (χ3v) is 3.07. The van der Waals surface area contributed by atoms with Gasteiger partial charge in [-0.15, -0.1) is 0 Å². The standard InChI is InChI=1S/C10H11NO5S/c1-7(12)5-10(13)8-3-2-4-9(6-8)17(14,15)16-11/h2-4,6H,5,11H2,1H3. The van der Waals surface area contributed by atoms with E-state index in [1.807, 2.05) is 0 Å². The van der Waals surface area contributed by atoms with Gasteiger partial charge in [-0.05, 0) is 19.1 Å². The van der Waals surface area contributed by atoms with Gasteiger partial charge in [0.1, 0.15) is 5.78 Å². The average Bonchev–Trinajstić information content (AvgIpc) is 2.28. The average molecular weight is 257 g/mol. The Morgan fingerprint density at radius 2 is 2.00 bits per heavy atom. The maximum atomic E-state index is 11.5. The van der Waals surface area contributed by atoms with Crippen LogP contribution in [0, 0.1) is 0 Å². The normalized spacial score (nSPS) is 11.2. The highest BCUT2D eigenvalue weighted by atomic mass is 32.2. The van der Waals surface area contributed by atoms with Crippen LogP contribution in [0.25, 0.3) is 0 Å². The molecule has 2 N–H and O–H groups in total. The maximum Gasteiger partial charge on any atom is 0.312 e. The Morgan fingerprint density at radius 1 is 1.35 bits per heavy atom. The van der Waals surface area contributed by atoms with E-state index in [1.165, 1.54) is 25.1 Å². The van der Waals surface area contributed by atoms with E-state index in [0.717, 1.165) is 6.07 Å². The van der Waals surface area contributed by atoms with Crippen molar-refractivity contribution in [2.75, 3.05) is 0 Å². The Labute approximate surface area is 98.5 Å². The number of carbonyl (C=O) groups is 2. The van der Waals surface area contributed by atoms with Gasteiger partial charge in [0.05, 0.1) is 11.3 Å². The van der Waals surface area contributed by atoms with Crippen molar-refractivity contribution >= 4 is 21.7 Å². The summed E-state index contributed by atoms with van der Waals surface area (Å²) in [6.07, 6.45) is -0.271. The first-order valence-electron chi connectivity index (χ1n) is 4.63. The highest BCUT2D eigenvalue weighted by molar-refractivity contribution is 7.86. The van der Waals surface area contributed by atoms with Gasteiger partial charge in [0.15, 0.2) is 5.78 Å². The summed E-state index contributed by atoms with van der Waals surface area (Å²) in [5, 5.41) is 0. The summed E-state index contributed by atoms with van der Waals surface area (Å²) in [6.45, 7) is 1.28. The molecule has 0 saturated carbocycles. The van der Waals surface area contributed by atoms with Crippen molar-refractivity contribution in [3.63, 3.8) is 0 Å². The molecular formula is C10H11NO5S. The van der Waals surface area contributed by atoms with Crippen LogP contribution in [0.2, 0.25) is 0 Å². The van der Waals surface area contributed by atoms with E-state index < -0.39 is 15.9 Å². The Bertz CT molecular complexity index is 550. The number of hydrogen-bond donors (Lipinski definition) is 1. The lowest BCUT2D eigenvalue weighted by atomic mass is 10.1. The second kappa shape index (κ2) is 5.17. The SMILES string of the molecule is CC(=O)CC(=O)c1cccc(S(=O)(=O)ON)c1. The lowest BCUT2D eigenvalue weighted by Crippen LogP contribution is -2.12. The van der Waals surface area contributed by atoms with Crippen LogP contribution in [-0.2, 0) is 19.2 Å². The fourth-order valence-corrected chi connectivity index (χ4v) is 1.84. The maximum absolute atomic E-state index is 11.5. The van der Waals surface area contributed by atoms with Crippen molar-refractivity contribution in [1.82, 2.24) is 0 Å². The summed E-state index contributed by atoms with van der Waals surface area (Å²) in [5.41, 5.74) is 0.123. The summed E-state index contributed by atoms with van der Waals surface area (Å²) in [4.78, 5) is 22.1. The van der Waals surface area contributed by atoms with Gasteiger partial charge in [-0.25, -0.2) is 0 Å². The van der Waals surface area contributed by atoms with Gasteiger partial charge in [-0.1, -0.05) is 12.1 Å². The van der Waals surface area contributed by atoms with Gasteiger partial charge in [0, 0.05) is 5.56 Å². The minimum Gasteiger partial charge on any atom is -0.300 e. The van der Waals surface area contributed by atoms with Gasteiger partial charge >= 0.3 is 10.1 Å². The molecule has 0 unspecified atom stereocenters. The van der Waals surface area contributed by atoms with E-state index in [1.54, 1.807) is 0 Å². The molecule has 17 heavy (non-hydrogen) atoms. The van der Waals surface area contributed by atoms with Gasteiger partial charge in [-0.3, -0.25) is 9.59 Å². The molecule has 0 aromatic heterocycles. The van der Waals surface area contributed by atoms with E-state index in [9.17, 15) is 18.0 Å². The van der Waals surface area contributed by atoms with Crippen LogP contribution >= 0.6 is 0 Å². The van der Waals surface area contributed by atoms with Crippen molar-refractivity contribution in [2.24, 2.45) is 5.90 Å². The van der Waals surface area contributed by atoms with Crippen molar-refractivity contribution in [1.29, 1.82) is 0 Å². The van der Waals surface area contributed by atoms with Crippen LogP contribution in [0.1, 0.15) is 23.7 Å². The second-order valence-electron chi connectivity index (χ2n) is 3.38. The zero-order valence-corrected chi connectivity index (χ0v) is 9.86. The molecule has 0 radical (unpaired) electrons. The zero-order chi connectivity index (χ0) is 13.1. The van der Waals surface area contributed by atoms with Crippen LogP contribution in [0.4, 0.5) is 0 Å². The van der Waals surface area contributed by atoms with Crippen LogP contribution < -0.4 is 5.90 Å². The molecule has 0 heterocycles. The van der Waals surface area contributed by atoms with E-state index in [-0.39, 0.29) is 22.7 Å². The summed E-state index contributed by atoms with van der Waals surface area (Å²) in [6, 6.07) is 5.15. The van der Waals surface area contributed by atoms with E-state index in [2.05, 4.69) is 10.2 Å². The zero-order valence-electron chi connectivity index (χ0n) is 9.04. The second-order valence-corrected chi connectivity index (χ2v) is 4.95. The highest BCUT2D eigenvalue weighted by Gasteiger charge is 2.16. The summed E-state index contributed by atoms with van der Waals surface area (Å²) in [7, 11) is -4.04.